The van der Waals surface area contributed by atoms with E-state index in [1.807, 2.05) is 54.2 Å². The van der Waals surface area contributed by atoms with Crippen molar-refractivity contribution in [1.29, 1.82) is 0 Å². The average Bonchev–Trinajstić information content (AvgIpc) is 3.47. The molecular weight excluding hydrogens is 497 g/mol. The fraction of sp³-hybridized carbons (Fsp3) is 0.0769. The number of nitrogens with two attached hydrogens (primary N) is 1. The first-order valence-electron chi connectivity index (χ1n) is 10.9. The number of pyridine rings is 1. The standard InChI is InChI=1S/C26H20FN5O2S2/c1-31-12-11-30-25(31)22-15-19-24(36-22)21(9-10-29-19)34-20-8-7-17(14-18(20)27)32(26(28)35)23(33)13-16-5-3-2-4-6-16/h2-12,14-15H,13H2,1H3,(H2,28,35). The molecule has 0 aliphatic carbocycles. The number of ether oxygens (including phenoxy) is 1. The zero-order chi connectivity index (χ0) is 25.2. The Kier molecular flexibility index (Phi) is 6.45. The predicted octanol–water partition coefficient (Wildman–Crippen LogP) is 5.45. The number of benzene rings is 2. The van der Waals surface area contributed by atoms with Crippen LogP contribution in [0.1, 0.15) is 5.56 Å². The molecule has 3 heterocycles. The van der Waals surface area contributed by atoms with Crippen LogP contribution in [0, 0.1) is 5.82 Å². The van der Waals surface area contributed by atoms with E-state index in [1.54, 1.807) is 24.5 Å². The van der Waals surface area contributed by atoms with E-state index in [-0.39, 0.29) is 28.9 Å². The van der Waals surface area contributed by atoms with Crippen molar-refractivity contribution in [3.63, 3.8) is 0 Å². The Morgan fingerprint density at radius 3 is 2.61 bits per heavy atom. The van der Waals surface area contributed by atoms with Gasteiger partial charge < -0.3 is 15.0 Å². The van der Waals surface area contributed by atoms with Crippen molar-refractivity contribution in [3.05, 3.63) is 90.6 Å². The van der Waals surface area contributed by atoms with Gasteiger partial charge in [-0.05, 0) is 36.0 Å². The largest absolute Gasteiger partial charge is 0.453 e. The molecule has 0 fully saturated rings. The number of thiophene rings is 1. The van der Waals surface area contributed by atoms with E-state index in [4.69, 9.17) is 22.7 Å². The van der Waals surface area contributed by atoms with Gasteiger partial charge in [-0.15, -0.1) is 11.3 Å². The van der Waals surface area contributed by atoms with Gasteiger partial charge in [-0.2, -0.15) is 0 Å². The van der Waals surface area contributed by atoms with Crippen LogP contribution in [0.3, 0.4) is 0 Å². The zero-order valence-corrected chi connectivity index (χ0v) is 20.7. The topological polar surface area (TPSA) is 86.3 Å². The van der Waals surface area contributed by atoms with E-state index in [9.17, 15) is 4.79 Å². The van der Waals surface area contributed by atoms with Crippen molar-refractivity contribution in [1.82, 2.24) is 14.5 Å². The Bertz CT molecular complexity index is 1580. The molecule has 10 heteroatoms. The molecule has 0 aliphatic rings. The van der Waals surface area contributed by atoms with Crippen molar-refractivity contribution >= 4 is 50.5 Å². The lowest BCUT2D eigenvalue weighted by molar-refractivity contribution is -0.117. The molecule has 7 nitrogen and oxygen atoms in total. The molecule has 0 saturated heterocycles. The molecule has 2 N–H and O–H groups in total. The molecule has 0 unspecified atom stereocenters. The number of carbonyl (C=O) groups excluding carboxylic acids is 1. The molecule has 0 radical (unpaired) electrons. The van der Waals surface area contributed by atoms with Crippen LogP contribution in [-0.2, 0) is 18.3 Å². The zero-order valence-electron chi connectivity index (χ0n) is 19.1. The van der Waals surface area contributed by atoms with E-state index >= 15 is 4.39 Å². The number of nitrogens with zero attached hydrogens (tertiary/aromatic N) is 4. The van der Waals surface area contributed by atoms with Crippen LogP contribution in [0.4, 0.5) is 10.1 Å². The number of carbonyl (C=O) groups is 1. The molecule has 2 aromatic carbocycles. The van der Waals surface area contributed by atoms with Crippen molar-refractivity contribution in [3.8, 4) is 22.2 Å². The summed E-state index contributed by atoms with van der Waals surface area (Å²) in [5, 5.41) is -0.166. The summed E-state index contributed by atoms with van der Waals surface area (Å²) in [7, 11) is 1.91. The first kappa shape index (κ1) is 23.6. The number of halogens is 1. The maximum absolute atomic E-state index is 15.2. The third-order valence-corrected chi connectivity index (χ3v) is 6.80. The highest BCUT2D eigenvalue weighted by molar-refractivity contribution is 7.80. The maximum Gasteiger partial charge on any atom is 0.237 e. The first-order chi connectivity index (χ1) is 17.4. The summed E-state index contributed by atoms with van der Waals surface area (Å²) in [5.41, 5.74) is 7.56. The smallest absolute Gasteiger partial charge is 0.237 e. The fourth-order valence-electron chi connectivity index (χ4n) is 3.78. The summed E-state index contributed by atoms with van der Waals surface area (Å²) in [6.07, 6.45) is 5.27. The van der Waals surface area contributed by atoms with Crippen molar-refractivity contribution in [2.24, 2.45) is 12.8 Å². The van der Waals surface area contributed by atoms with Gasteiger partial charge in [0.1, 0.15) is 11.6 Å². The molecule has 0 saturated carbocycles. The molecule has 0 aliphatic heterocycles. The van der Waals surface area contributed by atoms with Crippen LogP contribution in [0.25, 0.3) is 20.9 Å². The van der Waals surface area contributed by atoms with E-state index < -0.39 is 5.82 Å². The Morgan fingerprint density at radius 2 is 1.92 bits per heavy atom. The number of imidazole rings is 1. The number of hydrogen-bond acceptors (Lipinski definition) is 6. The van der Waals surface area contributed by atoms with Gasteiger partial charge in [0, 0.05) is 37.8 Å². The van der Waals surface area contributed by atoms with Crippen LogP contribution in [0.5, 0.6) is 11.5 Å². The van der Waals surface area contributed by atoms with Gasteiger partial charge in [-0.3, -0.25) is 14.7 Å². The Morgan fingerprint density at radius 1 is 1.11 bits per heavy atom. The Hall–Kier alpha value is -4.15. The van der Waals surface area contributed by atoms with Crippen molar-refractivity contribution in [2.75, 3.05) is 4.90 Å². The highest BCUT2D eigenvalue weighted by Gasteiger charge is 2.21. The number of anilines is 1. The summed E-state index contributed by atoms with van der Waals surface area (Å²) < 4.78 is 23.8. The minimum atomic E-state index is -0.660. The van der Waals surface area contributed by atoms with Crippen molar-refractivity contribution in [2.45, 2.75) is 6.42 Å². The third-order valence-electron chi connectivity index (χ3n) is 5.48. The number of aromatic nitrogens is 3. The van der Waals surface area contributed by atoms with E-state index in [0.29, 0.717) is 5.75 Å². The lowest BCUT2D eigenvalue weighted by atomic mass is 10.1. The number of amides is 1. The van der Waals surface area contributed by atoms with Crippen LogP contribution in [-0.4, -0.2) is 25.6 Å². The molecule has 0 bridgehead atoms. The van der Waals surface area contributed by atoms with Gasteiger partial charge in [0.15, 0.2) is 16.7 Å². The minimum absolute atomic E-state index is 0.00316. The second kappa shape index (κ2) is 9.84. The van der Waals surface area contributed by atoms with Gasteiger partial charge in [-0.1, -0.05) is 30.3 Å². The highest BCUT2D eigenvalue weighted by atomic mass is 32.1. The average molecular weight is 518 g/mol. The molecule has 1 amide bonds. The number of rotatable bonds is 6. The van der Waals surface area contributed by atoms with Crippen molar-refractivity contribution < 1.29 is 13.9 Å². The Labute approximate surface area is 215 Å². The van der Waals surface area contributed by atoms with E-state index in [0.717, 1.165) is 31.4 Å². The number of fused-ring (bicyclic) bond motifs is 1. The minimum Gasteiger partial charge on any atom is -0.453 e. The lowest BCUT2D eigenvalue weighted by Crippen LogP contribution is -2.41. The monoisotopic (exact) mass is 517 g/mol. The summed E-state index contributed by atoms with van der Waals surface area (Å²) in [5.74, 6) is 0.239. The molecule has 36 heavy (non-hydrogen) atoms. The predicted molar refractivity (Wildman–Crippen MR) is 143 cm³/mol. The number of thiocarbonyl (C=S) groups is 1. The van der Waals surface area contributed by atoms with Gasteiger partial charge in [-0.25, -0.2) is 9.37 Å². The molecule has 3 aromatic heterocycles. The first-order valence-corrected chi connectivity index (χ1v) is 12.1. The van der Waals surface area contributed by atoms with Crippen LogP contribution in [0.15, 0.2) is 79.3 Å². The molecule has 0 atom stereocenters. The maximum atomic E-state index is 15.2. The third kappa shape index (κ3) is 4.68. The van der Waals surface area contributed by atoms with Crippen LogP contribution < -0.4 is 15.4 Å². The second-order valence-corrected chi connectivity index (χ2v) is 9.41. The molecular formula is C26H20FN5O2S2. The van der Waals surface area contributed by atoms with Gasteiger partial charge in [0.05, 0.1) is 27.2 Å². The quantitative estimate of drug-likeness (QED) is 0.302. The van der Waals surface area contributed by atoms with Crippen LogP contribution >= 0.6 is 23.6 Å². The normalized spacial score (nSPS) is 10.9. The fourth-order valence-corrected chi connectivity index (χ4v) is 5.09. The summed E-state index contributed by atoms with van der Waals surface area (Å²) in [6.45, 7) is 0. The number of hydrogen-bond donors (Lipinski definition) is 1. The molecule has 180 valence electrons. The molecule has 5 rings (SSSR count). The Balaban J connectivity index is 1.42. The SMILES string of the molecule is Cn1ccnc1-c1cc2nccc(Oc3ccc(N(C(=O)Cc4ccccc4)C(N)=S)cc3F)c2s1. The molecule has 0 spiro atoms. The second-order valence-electron chi connectivity index (χ2n) is 7.94. The van der Waals surface area contributed by atoms with Gasteiger partial charge in [0.25, 0.3) is 0 Å². The van der Waals surface area contributed by atoms with E-state index in [1.165, 1.54) is 23.5 Å². The summed E-state index contributed by atoms with van der Waals surface area (Å²) in [6, 6.07) is 17.0. The van der Waals surface area contributed by atoms with Gasteiger partial charge >= 0.3 is 0 Å². The summed E-state index contributed by atoms with van der Waals surface area (Å²) >= 11 is 6.55. The summed E-state index contributed by atoms with van der Waals surface area (Å²) in [4.78, 5) is 23.7. The highest BCUT2D eigenvalue weighted by Crippen LogP contribution is 2.39. The van der Waals surface area contributed by atoms with Crippen LogP contribution in [0.2, 0.25) is 0 Å². The van der Waals surface area contributed by atoms with Gasteiger partial charge in [0.2, 0.25) is 5.91 Å². The number of aryl methyl sites for hydroxylation is 1. The lowest BCUT2D eigenvalue weighted by Gasteiger charge is -2.21. The molecule has 5 aromatic rings. The van der Waals surface area contributed by atoms with E-state index in [2.05, 4.69) is 9.97 Å².